The van der Waals surface area contributed by atoms with Gasteiger partial charge in [0.1, 0.15) is 23.0 Å². The third-order valence-corrected chi connectivity index (χ3v) is 6.79. The molecule has 1 fully saturated rings. The molecule has 0 radical (unpaired) electrons. The molecule has 0 saturated carbocycles. The molecule has 0 N–H and O–H groups in total. The molecule has 1 spiro atoms. The van der Waals surface area contributed by atoms with Crippen LogP contribution < -0.4 is 9.64 Å². The van der Waals surface area contributed by atoms with Gasteiger partial charge in [-0.25, -0.2) is 9.97 Å². The first kappa shape index (κ1) is 21.0. The fourth-order valence-electron chi connectivity index (χ4n) is 4.86. The normalized spacial score (nSPS) is 17.2. The van der Waals surface area contributed by atoms with E-state index in [0.29, 0.717) is 22.8 Å². The van der Waals surface area contributed by atoms with Crippen molar-refractivity contribution in [1.29, 1.82) is 0 Å². The molecule has 2 aromatic carbocycles. The number of ether oxygens (including phenoxy) is 1. The van der Waals surface area contributed by atoms with Crippen LogP contribution in [0, 0.1) is 13.8 Å². The minimum atomic E-state index is -0.453. The monoisotopic (exact) mass is 447 g/mol. The Morgan fingerprint density at radius 2 is 1.81 bits per heavy atom. The number of hydrogen-bond acceptors (Lipinski definition) is 5. The highest BCUT2D eigenvalue weighted by molar-refractivity contribution is 6.31. The Bertz CT molecular complexity index is 1170. The lowest BCUT2D eigenvalue weighted by molar-refractivity contribution is 0.0231. The van der Waals surface area contributed by atoms with E-state index >= 15 is 0 Å². The summed E-state index contributed by atoms with van der Waals surface area (Å²) in [6.45, 7) is 5.58. The second kappa shape index (κ2) is 8.21. The van der Waals surface area contributed by atoms with E-state index in [1.54, 1.807) is 12.1 Å². The van der Waals surface area contributed by atoms with Crippen LogP contribution in [0.4, 0.5) is 5.82 Å². The van der Waals surface area contributed by atoms with Crippen LogP contribution in [0.25, 0.3) is 0 Å². The summed E-state index contributed by atoms with van der Waals surface area (Å²) in [7, 11) is 0. The van der Waals surface area contributed by atoms with Gasteiger partial charge in [0.05, 0.1) is 12.0 Å². The Labute approximate surface area is 193 Å². The van der Waals surface area contributed by atoms with Gasteiger partial charge in [-0.15, -0.1) is 0 Å². The van der Waals surface area contributed by atoms with E-state index in [0.717, 1.165) is 49.7 Å². The lowest BCUT2D eigenvalue weighted by Crippen LogP contribution is -2.51. The molecule has 2 aliphatic rings. The van der Waals surface area contributed by atoms with Gasteiger partial charge in [-0.2, -0.15) is 0 Å². The minimum Gasteiger partial charge on any atom is -0.486 e. The van der Waals surface area contributed by atoms with Crippen molar-refractivity contribution in [3.05, 3.63) is 81.8 Å². The first-order chi connectivity index (χ1) is 15.4. The van der Waals surface area contributed by atoms with Crippen LogP contribution in [0.2, 0.25) is 5.02 Å². The SMILES string of the molecule is Cc1nc(C)c(Cc2ccccc2)c(N2CCC3(CC2)CC(=O)c2cc(Cl)ccc2O3)n1. The summed E-state index contributed by atoms with van der Waals surface area (Å²) in [5.41, 5.74) is 3.57. The maximum absolute atomic E-state index is 12.8. The number of anilines is 1. The summed E-state index contributed by atoms with van der Waals surface area (Å²) in [5.74, 6) is 2.55. The van der Waals surface area contributed by atoms with Crippen molar-refractivity contribution >= 4 is 23.2 Å². The number of piperidine rings is 1. The van der Waals surface area contributed by atoms with E-state index in [9.17, 15) is 4.79 Å². The Morgan fingerprint density at radius 3 is 2.56 bits per heavy atom. The molecular formula is C26H26ClN3O2. The van der Waals surface area contributed by atoms with Crippen LogP contribution in [0.5, 0.6) is 5.75 Å². The summed E-state index contributed by atoms with van der Waals surface area (Å²) in [6.07, 6.45) is 2.74. The number of ketones is 1. The maximum atomic E-state index is 12.8. The fourth-order valence-corrected chi connectivity index (χ4v) is 5.03. The Hall–Kier alpha value is -2.92. The second-order valence-corrected chi connectivity index (χ2v) is 9.27. The molecule has 1 saturated heterocycles. The van der Waals surface area contributed by atoms with Gasteiger partial charge in [0.2, 0.25) is 0 Å². The number of Topliss-reactive ketones (excluding diaryl/α,β-unsaturated/α-hetero) is 1. The zero-order valence-electron chi connectivity index (χ0n) is 18.4. The molecule has 1 aromatic heterocycles. The topological polar surface area (TPSA) is 55.3 Å². The molecule has 5 nitrogen and oxygen atoms in total. The van der Waals surface area contributed by atoms with Gasteiger partial charge in [-0.05, 0) is 37.6 Å². The van der Waals surface area contributed by atoms with Crippen LogP contribution in [0.1, 0.15) is 52.3 Å². The van der Waals surface area contributed by atoms with E-state index in [4.69, 9.17) is 21.3 Å². The Morgan fingerprint density at radius 1 is 1.06 bits per heavy atom. The molecule has 0 bridgehead atoms. The summed E-state index contributed by atoms with van der Waals surface area (Å²) in [4.78, 5) is 24.6. The Kier molecular flexibility index (Phi) is 5.38. The molecule has 2 aliphatic heterocycles. The molecule has 5 rings (SSSR count). The summed E-state index contributed by atoms with van der Waals surface area (Å²) < 4.78 is 6.40. The number of nitrogens with zero attached hydrogens (tertiary/aromatic N) is 3. The number of carbonyl (C=O) groups excluding carboxylic acids is 1. The zero-order valence-corrected chi connectivity index (χ0v) is 19.2. The highest BCUT2D eigenvalue weighted by Crippen LogP contribution is 2.41. The largest absolute Gasteiger partial charge is 0.486 e. The maximum Gasteiger partial charge on any atom is 0.170 e. The lowest BCUT2D eigenvalue weighted by atomic mass is 9.82. The average molecular weight is 448 g/mol. The summed E-state index contributed by atoms with van der Waals surface area (Å²) in [6, 6.07) is 15.7. The molecule has 0 amide bonds. The molecule has 164 valence electrons. The third-order valence-electron chi connectivity index (χ3n) is 6.55. The lowest BCUT2D eigenvalue weighted by Gasteiger charge is -2.44. The number of rotatable bonds is 3. The Balaban J connectivity index is 1.39. The quantitative estimate of drug-likeness (QED) is 0.542. The number of hydrogen-bond donors (Lipinski definition) is 0. The van der Waals surface area contributed by atoms with Crippen LogP contribution in [0.15, 0.2) is 48.5 Å². The predicted molar refractivity (Wildman–Crippen MR) is 126 cm³/mol. The van der Waals surface area contributed by atoms with Crippen LogP contribution >= 0.6 is 11.6 Å². The van der Waals surface area contributed by atoms with Gasteiger partial charge in [-0.1, -0.05) is 41.9 Å². The molecule has 0 unspecified atom stereocenters. The fraction of sp³-hybridized carbons (Fsp3) is 0.346. The van der Waals surface area contributed by atoms with Gasteiger partial charge < -0.3 is 9.64 Å². The molecule has 3 heterocycles. The summed E-state index contributed by atoms with van der Waals surface area (Å²) in [5, 5.41) is 0.562. The van der Waals surface area contributed by atoms with E-state index in [1.807, 2.05) is 19.1 Å². The van der Waals surface area contributed by atoms with Crippen molar-refractivity contribution in [2.45, 2.75) is 45.1 Å². The molecule has 3 aromatic rings. The number of aryl methyl sites for hydroxylation is 2. The second-order valence-electron chi connectivity index (χ2n) is 8.83. The molecule has 6 heteroatoms. The van der Waals surface area contributed by atoms with Gasteiger partial charge in [-0.3, -0.25) is 4.79 Å². The van der Waals surface area contributed by atoms with Gasteiger partial charge in [0, 0.05) is 48.6 Å². The summed E-state index contributed by atoms with van der Waals surface area (Å²) >= 11 is 6.08. The van der Waals surface area contributed by atoms with Gasteiger partial charge >= 0.3 is 0 Å². The number of carbonyl (C=O) groups is 1. The highest BCUT2D eigenvalue weighted by Gasteiger charge is 2.43. The first-order valence-corrected chi connectivity index (χ1v) is 11.4. The molecule has 0 atom stereocenters. The standard InChI is InChI=1S/C26H26ClN3O2/c1-17-21(14-19-6-4-3-5-7-19)25(29-18(2)28-17)30-12-10-26(11-13-30)16-23(31)22-15-20(27)8-9-24(22)32-26/h3-9,15H,10-14,16H2,1-2H3. The van der Waals surface area contributed by atoms with Gasteiger partial charge in [0.15, 0.2) is 5.78 Å². The smallest absolute Gasteiger partial charge is 0.170 e. The average Bonchev–Trinajstić information content (AvgIpc) is 2.77. The third kappa shape index (κ3) is 3.97. The van der Waals surface area contributed by atoms with Gasteiger partial charge in [0.25, 0.3) is 0 Å². The van der Waals surface area contributed by atoms with Crippen molar-refractivity contribution in [2.75, 3.05) is 18.0 Å². The van der Waals surface area contributed by atoms with Crippen molar-refractivity contribution < 1.29 is 9.53 Å². The zero-order chi connectivity index (χ0) is 22.3. The molecule has 32 heavy (non-hydrogen) atoms. The van der Waals surface area contributed by atoms with E-state index in [-0.39, 0.29) is 5.78 Å². The van der Waals surface area contributed by atoms with Crippen LogP contribution in [0.3, 0.4) is 0 Å². The highest BCUT2D eigenvalue weighted by atomic mass is 35.5. The van der Waals surface area contributed by atoms with Crippen molar-refractivity contribution in [3.8, 4) is 5.75 Å². The van der Waals surface area contributed by atoms with Crippen molar-refractivity contribution in [2.24, 2.45) is 0 Å². The van der Waals surface area contributed by atoms with E-state index in [2.05, 4.69) is 41.1 Å². The number of aromatic nitrogens is 2. The van der Waals surface area contributed by atoms with E-state index in [1.165, 1.54) is 11.1 Å². The number of fused-ring (bicyclic) bond motifs is 1. The van der Waals surface area contributed by atoms with Crippen LogP contribution in [-0.4, -0.2) is 34.4 Å². The first-order valence-electron chi connectivity index (χ1n) is 11.1. The van der Waals surface area contributed by atoms with E-state index < -0.39 is 5.60 Å². The van der Waals surface area contributed by atoms with Crippen molar-refractivity contribution in [1.82, 2.24) is 9.97 Å². The number of halogens is 1. The predicted octanol–water partition coefficient (Wildman–Crippen LogP) is 5.34. The van der Waals surface area contributed by atoms with Crippen LogP contribution in [-0.2, 0) is 6.42 Å². The minimum absolute atomic E-state index is 0.112. The van der Waals surface area contributed by atoms with Crippen molar-refractivity contribution in [3.63, 3.8) is 0 Å². The molecule has 0 aliphatic carbocycles. The molecular weight excluding hydrogens is 422 g/mol. The number of benzene rings is 2.